The first-order valence-corrected chi connectivity index (χ1v) is 6.57. The first-order valence-electron chi connectivity index (χ1n) is 6.57. The Bertz CT molecular complexity index is 423. The molecule has 1 aromatic rings. The van der Waals surface area contributed by atoms with E-state index < -0.39 is 12.5 Å². The summed E-state index contributed by atoms with van der Waals surface area (Å²) in [6.07, 6.45) is -2.75. The molecule has 0 unspecified atom stereocenters. The van der Waals surface area contributed by atoms with Crippen LogP contribution in [0.3, 0.4) is 0 Å². The van der Waals surface area contributed by atoms with Gasteiger partial charge in [-0.1, -0.05) is 12.1 Å². The van der Waals surface area contributed by atoms with Crippen molar-refractivity contribution >= 4 is 12.4 Å². The van der Waals surface area contributed by atoms with Gasteiger partial charge in [-0.3, -0.25) is 4.90 Å². The number of benzene rings is 1. The number of alkyl halides is 2. The van der Waals surface area contributed by atoms with Crippen molar-refractivity contribution in [3.63, 3.8) is 0 Å². The van der Waals surface area contributed by atoms with E-state index in [2.05, 4.69) is 5.32 Å². The summed E-state index contributed by atoms with van der Waals surface area (Å²) in [6, 6.07) is 4.29. The number of nitrogens with zero attached hydrogens (tertiary/aromatic N) is 1. The molecule has 114 valence electrons. The van der Waals surface area contributed by atoms with Crippen LogP contribution in [0.2, 0.25) is 0 Å². The van der Waals surface area contributed by atoms with Crippen molar-refractivity contribution in [1.82, 2.24) is 10.2 Å². The van der Waals surface area contributed by atoms with Crippen LogP contribution in [0.15, 0.2) is 18.2 Å². The Morgan fingerprint density at radius 2 is 1.90 bits per heavy atom. The second kappa shape index (κ2) is 7.86. The highest BCUT2D eigenvalue weighted by Crippen LogP contribution is 2.29. The van der Waals surface area contributed by atoms with Crippen molar-refractivity contribution in [3.05, 3.63) is 35.1 Å². The van der Waals surface area contributed by atoms with E-state index in [0.717, 1.165) is 18.7 Å². The SMILES string of the molecule is Cc1ccc([C@H](CC(F)F)N2CCNCC2)c(F)c1.Cl. The predicted molar refractivity (Wildman–Crippen MR) is 76.2 cm³/mol. The van der Waals surface area contributed by atoms with Gasteiger partial charge in [-0.15, -0.1) is 12.4 Å². The van der Waals surface area contributed by atoms with Gasteiger partial charge in [0.2, 0.25) is 6.43 Å². The van der Waals surface area contributed by atoms with Gasteiger partial charge in [0, 0.05) is 44.2 Å². The molecule has 0 radical (unpaired) electrons. The molecule has 0 saturated carbocycles. The number of piperazine rings is 1. The van der Waals surface area contributed by atoms with Crippen molar-refractivity contribution in [2.45, 2.75) is 25.8 Å². The fraction of sp³-hybridized carbons (Fsp3) is 0.571. The van der Waals surface area contributed by atoms with Crippen LogP contribution in [-0.2, 0) is 0 Å². The van der Waals surface area contributed by atoms with Crippen molar-refractivity contribution in [2.75, 3.05) is 26.2 Å². The van der Waals surface area contributed by atoms with Gasteiger partial charge in [-0.05, 0) is 18.6 Å². The zero-order chi connectivity index (χ0) is 13.8. The third-order valence-corrected chi connectivity index (χ3v) is 3.51. The molecular weight excluding hydrogens is 289 g/mol. The third kappa shape index (κ3) is 4.36. The zero-order valence-electron chi connectivity index (χ0n) is 11.4. The van der Waals surface area contributed by atoms with Crippen LogP contribution in [0, 0.1) is 12.7 Å². The molecule has 1 N–H and O–H groups in total. The summed E-state index contributed by atoms with van der Waals surface area (Å²) in [5, 5.41) is 3.18. The molecule has 2 rings (SSSR count). The summed E-state index contributed by atoms with van der Waals surface area (Å²) < 4.78 is 39.6. The van der Waals surface area contributed by atoms with E-state index >= 15 is 0 Å². The molecule has 0 aromatic heterocycles. The molecule has 1 aliphatic rings. The van der Waals surface area contributed by atoms with Gasteiger partial charge in [0.15, 0.2) is 0 Å². The van der Waals surface area contributed by atoms with Gasteiger partial charge >= 0.3 is 0 Å². The molecule has 1 saturated heterocycles. The lowest BCUT2D eigenvalue weighted by atomic mass is 9.99. The number of halogens is 4. The minimum atomic E-state index is -2.43. The normalized spacial score (nSPS) is 17.9. The minimum absolute atomic E-state index is 0. The van der Waals surface area contributed by atoms with E-state index in [9.17, 15) is 13.2 Å². The highest BCUT2D eigenvalue weighted by atomic mass is 35.5. The van der Waals surface area contributed by atoms with E-state index in [4.69, 9.17) is 0 Å². The molecule has 2 nitrogen and oxygen atoms in total. The van der Waals surface area contributed by atoms with Crippen LogP contribution in [0.5, 0.6) is 0 Å². The van der Waals surface area contributed by atoms with Gasteiger partial charge in [-0.25, -0.2) is 13.2 Å². The van der Waals surface area contributed by atoms with Crippen LogP contribution < -0.4 is 5.32 Å². The molecule has 0 spiro atoms. The van der Waals surface area contributed by atoms with Crippen LogP contribution in [0.1, 0.15) is 23.6 Å². The van der Waals surface area contributed by atoms with Gasteiger partial charge in [0.1, 0.15) is 5.82 Å². The summed E-state index contributed by atoms with van der Waals surface area (Å²) in [7, 11) is 0. The highest BCUT2D eigenvalue weighted by molar-refractivity contribution is 5.85. The van der Waals surface area contributed by atoms with E-state index in [1.165, 1.54) is 6.07 Å². The Balaban J connectivity index is 0.00000200. The first-order chi connectivity index (χ1) is 9.08. The maximum Gasteiger partial charge on any atom is 0.240 e. The molecule has 0 amide bonds. The largest absolute Gasteiger partial charge is 0.314 e. The van der Waals surface area contributed by atoms with Gasteiger partial charge in [-0.2, -0.15) is 0 Å². The fourth-order valence-electron chi connectivity index (χ4n) is 2.54. The second-order valence-corrected chi connectivity index (χ2v) is 4.95. The van der Waals surface area contributed by atoms with E-state index in [-0.39, 0.29) is 24.6 Å². The Morgan fingerprint density at radius 3 is 2.45 bits per heavy atom. The average Bonchev–Trinajstić information content (AvgIpc) is 2.37. The summed E-state index contributed by atoms with van der Waals surface area (Å²) >= 11 is 0. The molecule has 0 aliphatic carbocycles. The Kier molecular flexibility index (Phi) is 6.79. The lowest BCUT2D eigenvalue weighted by Gasteiger charge is -2.35. The van der Waals surface area contributed by atoms with E-state index in [1.807, 2.05) is 4.90 Å². The minimum Gasteiger partial charge on any atom is -0.314 e. The smallest absolute Gasteiger partial charge is 0.240 e. The van der Waals surface area contributed by atoms with Crippen LogP contribution in [0.25, 0.3) is 0 Å². The summed E-state index contributed by atoms with van der Waals surface area (Å²) in [6.45, 7) is 4.65. The van der Waals surface area contributed by atoms with Crippen molar-refractivity contribution in [2.24, 2.45) is 0 Å². The van der Waals surface area contributed by atoms with E-state index in [1.54, 1.807) is 19.1 Å². The Hall–Kier alpha value is -0.780. The maximum atomic E-state index is 14.0. The quantitative estimate of drug-likeness (QED) is 0.919. The van der Waals surface area contributed by atoms with Crippen molar-refractivity contribution < 1.29 is 13.2 Å². The molecule has 6 heteroatoms. The molecule has 1 aromatic carbocycles. The predicted octanol–water partition coefficient (Wildman–Crippen LogP) is 3.16. The standard InChI is InChI=1S/C14H19F3N2.ClH/c1-10-2-3-11(12(15)8-10)13(9-14(16)17)19-6-4-18-5-7-19;/h2-3,8,13-14,18H,4-7,9H2,1H3;1H/t13-;/m0./s1. The maximum absolute atomic E-state index is 14.0. The average molecular weight is 309 g/mol. The van der Waals surface area contributed by atoms with Gasteiger partial charge < -0.3 is 5.32 Å². The molecule has 0 bridgehead atoms. The Morgan fingerprint density at radius 1 is 1.25 bits per heavy atom. The number of rotatable bonds is 4. The lowest BCUT2D eigenvalue weighted by Crippen LogP contribution is -2.45. The third-order valence-electron chi connectivity index (χ3n) is 3.51. The zero-order valence-corrected chi connectivity index (χ0v) is 12.2. The highest BCUT2D eigenvalue weighted by Gasteiger charge is 2.27. The molecule has 20 heavy (non-hydrogen) atoms. The fourth-order valence-corrected chi connectivity index (χ4v) is 2.54. The number of aryl methyl sites for hydroxylation is 1. The van der Waals surface area contributed by atoms with Crippen LogP contribution >= 0.6 is 12.4 Å². The monoisotopic (exact) mass is 308 g/mol. The second-order valence-electron chi connectivity index (χ2n) is 4.95. The van der Waals surface area contributed by atoms with Crippen molar-refractivity contribution in [3.8, 4) is 0 Å². The van der Waals surface area contributed by atoms with E-state index in [0.29, 0.717) is 18.7 Å². The first kappa shape index (κ1) is 17.3. The molecule has 1 atom stereocenters. The molecule has 1 aliphatic heterocycles. The Labute approximate surface area is 123 Å². The number of hydrogen-bond donors (Lipinski definition) is 1. The van der Waals surface area contributed by atoms with Crippen LogP contribution in [0.4, 0.5) is 13.2 Å². The summed E-state index contributed by atoms with van der Waals surface area (Å²) in [4.78, 5) is 1.94. The number of nitrogens with one attached hydrogen (secondary N) is 1. The van der Waals surface area contributed by atoms with Crippen molar-refractivity contribution in [1.29, 1.82) is 0 Å². The lowest BCUT2D eigenvalue weighted by molar-refractivity contribution is 0.0725. The number of hydrogen-bond acceptors (Lipinski definition) is 2. The van der Waals surface area contributed by atoms with Gasteiger partial charge in [0.05, 0.1) is 0 Å². The topological polar surface area (TPSA) is 15.3 Å². The van der Waals surface area contributed by atoms with Crippen LogP contribution in [-0.4, -0.2) is 37.5 Å². The summed E-state index contributed by atoms with van der Waals surface area (Å²) in [5.41, 5.74) is 1.19. The molecule has 1 fully saturated rings. The summed E-state index contributed by atoms with van der Waals surface area (Å²) in [5.74, 6) is -0.385. The molecule has 1 heterocycles. The van der Waals surface area contributed by atoms with Gasteiger partial charge in [0.25, 0.3) is 0 Å². The molecular formula is C14H20ClF3N2.